The van der Waals surface area contributed by atoms with E-state index in [-0.39, 0.29) is 21.4 Å². The monoisotopic (exact) mass is 301 g/mol. The molecular weight excluding hydrogens is 294 g/mol. The van der Waals surface area contributed by atoms with Gasteiger partial charge in [0.2, 0.25) is 0 Å². The van der Waals surface area contributed by atoms with Gasteiger partial charge in [-0.15, -0.1) is 0 Å². The van der Waals surface area contributed by atoms with Crippen LogP contribution in [0.2, 0.25) is 5.02 Å². The fourth-order valence-electron chi connectivity index (χ4n) is 1.44. The van der Waals surface area contributed by atoms with Gasteiger partial charge in [-0.1, -0.05) is 28.9 Å². The molecule has 19 heavy (non-hydrogen) atoms. The summed E-state index contributed by atoms with van der Waals surface area (Å²) in [6, 6.07) is 7.04. The van der Waals surface area contributed by atoms with Gasteiger partial charge in [0.25, 0.3) is 0 Å². The molecule has 0 atom stereocenters. The molecule has 0 radical (unpaired) electrons. The van der Waals surface area contributed by atoms with Crippen LogP contribution >= 0.6 is 11.6 Å². The summed E-state index contributed by atoms with van der Waals surface area (Å²) in [5.74, 6) is -1.85. The van der Waals surface area contributed by atoms with Crippen molar-refractivity contribution in [3.63, 3.8) is 0 Å². The predicted octanol–water partition coefficient (Wildman–Crippen LogP) is 2.00. The molecule has 1 aromatic heterocycles. The molecule has 0 saturated carbocycles. The predicted molar refractivity (Wildman–Crippen MR) is 65.8 cm³/mol. The summed E-state index contributed by atoms with van der Waals surface area (Å²) in [4.78, 5) is 10.6. The van der Waals surface area contributed by atoms with E-state index in [1.54, 1.807) is 12.1 Å². The summed E-state index contributed by atoms with van der Waals surface area (Å²) in [6.45, 7) is 0. The van der Waals surface area contributed by atoms with Gasteiger partial charge < -0.3 is 9.63 Å². The first-order valence-corrected chi connectivity index (χ1v) is 7.09. The second kappa shape index (κ2) is 5.02. The van der Waals surface area contributed by atoms with E-state index in [4.69, 9.17) is 16.7 Å². The fraction of sp³-hybridized carbons (Fsp3) is 0.0909. The minimum atomic E-state index is -3.71. The maximum atomic E-state index is 12.1. The number of nitrogens with zero attached hydrogens (tertiary/aromatic N) is 1. The summed E-state index contributed by atoms with van der Waals surface area (Å²) in [5.41, 5.74) is -0.343. The minimum absolute atomic E-state index is 0.0371. The number of aromatic nitrogens is 1. The van der Waals surface area contributed by atoms with Crippen LogP contribution in [0.4, 0.5) is 0 Å². The Morgan fingerprint density at radius 1 is 1.37 bits per heavy atom. The fourth-order valence-corrected chi connectivity index (χ4v) is 3.25. The summed E-state index contributed by atoms with van der Waals surface area (Å²) in [7, 11) is -3.71. The highest BCUT2D eigenvalue weighted by molar-refractivity contribution is 7.90. The smallest absolute Gasteiger partial charge is 0.358 e. The molecule has 0 aliphatic carbocycles. The summed E-state index contributed by atoms with van der Waals surface area (Å²) < 4.78 is 28.8. The Kier molecular flexibility index (Phi) is 3.59. The lowest BCUT2D eigenvalue weighted by atomic mass is 10.4. The van der Waals surface area contributed by atoms with Gasteiger partial charge >= 0.3 is 5.97 Å². The Morgan fingerprint density at radius 3 is 2.63 bits per heavy atom. The molecule has 6 nitrogen and oxygen atoms in total. The highest BCUT2D eigenvalue weighted by Crippen LogP contribution is 2.24. The Labute approximate surface area is 113 Å². The van der Waals surface area contributed by atoms with Crippen molar-refractivity contribution in [1.29, 1.82) is 0 Å². The minimum Gasteiger partial charge on any atom is -0.476 e. The van der Waals surface area contributed by atoms with E-state index in [1.165, 1.54) is 12.1 Å². The van der Waals surface area contributed by atoms with Crippen LogP contribution in [-0.2, 0) is 15.6 Å². The Morgan fingerprint density at radius 2 is 2.05 bits per heavy atom. The number of sulfone groups is 1. The van der Waals surface area contributed by atoms with Crippen molar-refractivity contribution in [3.8, 4) is 0 Å². The molecule has 0 aliphatic heterocycles. The van der Waals surface area contributed by atoms with E-state index in [0.717, 1.165) is 6.07 Å². The van der Waals surface area contributed by atoms with Crippen molar-refractivity contribution >= 4 is 27.4 Å². The first kappa shape index (κ1) is 13.6. The van der Waals surface area contributed by atoms with Crippen LogP contribution in [-0.4, -0.2) is 24.7 Å². The van der Waals surface area contributed by atoms with Gasteiger partial charge in [0, 0.05) is 6.07 Å². The molecule has 0 amide bonds. The topological polar surface area (TPSA) is 97.5 Å². The van der Waals surface area contributed by atoms with Crippen molar-refractivity contribution in [2.75, 3.05) is 0 Å². The highest BCUT2D eigenvalue weighted by Gasteiger charge is 2.22. The Balaban J connectivity index is 2.31. The van der Waals surface area contributed by atoms with Crippen LogP contribution in [0.3, 0.4) is 0 Å². The molecule has 100 valence electrons. The van der Waals surface area contributed by atoms with E-state index in [9.17, 15) is 13.2 Å². The third-order valence-corrected chi connectivity index (χ3v) is 4.41. The molecule has 2 rings (SSSR count). The van der Waals surface area contributed by atoms with Gasteiger partial charge in [-0.05, 0) is 12.1 Å². The Hall–Kier alpha value is -1.86. The number of carboxylic acid groups (broad SMARTS) is 1. The van der Waals surface area contributed by atoms with Gasteiger partial charge in [-0.25, -0.2) is 13.2 Å². The number of carboxylic acids is 1. The molecule has 0 saturated heterocycles. The van der Waals surface area contributed by atoms with Crippen LogP contribution in [0, 0.1) is 0 Å². The van der Waals surface area contributed by atoms with Crippen LogP contribution in [0.15, 0.2) is 39.8 Å². The van der Waals surface area contributed by atoms with Gasteiger partial charge in [0.15, 0.2) is 21.3 Å². The van der Waals surface area contributed by atoms with Crippen LogP contribution in [0.25, 0.3) is 0 Å². The van der Waals surface area contributed by atoms with Gasteiger partial charge in [0.1, 0.15) is 5.75 Å². The molecular formula is C11H8ClNO5S. The molecule has 0 fully saturated rings. The molecule has 1 heterocycles. The van der Waals surface area contributed by atoms with Crippen molar-refractivity contribution in [2.24, 2.45) is 0 Å². The first-order chi connectivity index (χ1) is 8.90. The lowest BCUT2D eigenvalue weighted by molar-refractivity contribution is 0.0685. The van der Waals surface area contributed by atoms with E-state index in [1.807, 2.05) is 0 Å². The maximum Gasteiger partial charge on any atom is 0.358 e. The number of halogens is 1. The number of hydrogen-bond acceptors (Lipinski definition) is 5. The van der Waals surface area contributed by atoms with Gasteiger partial charge in [0.05, 0.1) is 9.92 Å². The zero-order valence-electron chi connectivity index (χ0n) is 9.41. The summed E-state index contributed by atoms with van der Waals surface area (Å²) in [6.07, 6.45) is 0. The quantitative estimate of drug-likeness (QED) is 0.927. The summed E-state index contributed by atoms with van der Waals surface area (Å²) in [5, 5.41) is 12.0. The molecule has 1 aromatic carbocycles. The van der Waals surface area contributed by atoms with Crippen molar-refractivity contribution in [2.45, 2.75) is 10.6 Å². The van der Waals surface area contributed by atoms with E-state index < -0.39 is 21.6 Å². The standard InChI is InChI=1S/C11H8ClNO5S/c12-8-3-1-2-4-10(8)19(16,17)6-7-5-9(11(14)15)13-18-7/h1-5H,6H2,(H,14,15). The molecule has 0 bridgehead atoms. The summed E-state index contributed by atoms with van der Waals surface area (Å²) >= 11 is 5.81. The maximum absolute atomic E-state index is 12.1. The van der Waals surface area contributed by atoms with E-state index in [0.29, 0.717) is 0 Å². The normalized spacial score (nSPS) is 11.4. The van der Waals surface area contributed by atoms with Crippen LogP contribution in [0.5, 0.6) is 0 Å². The Bertz CT molecular complexity index is 722. The number of rotatable bonds is 4. The lowest BCUT2D eigenvalue weighted by Gasteiger charge is -2.03. The number of carbonyl (C=O) groups is 1. The third kappa shape index (κ3) is 2.94. The van der Waals surface area contributed by atoms with Gasteiger partial charge in [-0.3, -0.25) is 0 Å². The second-order valence-electron chi connectivity index (χ2n) is 3.67. The zero-order chi connectivity index (χ0) is 14.0. The second-order valence-corrected chi connectivity index (χ2v) is 6.04. The molecule has 0 aliphatic rings. The van der Waals surface area contributed by atoms with Crippen molar-refractivity contribution in [3.05, 3.63) is 46.8 Å². The van der Waals surface area contributed by atoms with Crippen molar-refractivity contribution < 1.29 is 22.8 Å². The molecule has 8 heteroatoms. The third-order valence-electron chi connectivity index (χ3n) is 2.28. The first-order valence-electron chi connectivity index (χ1n) is 5.06. The molecule has 0 spiro atoms. The highest BCUT2D eigenvalue weighted by atomic mass is 35.5. The van der Waals surface area contributed by atoms with E-state index >= 15 is 0 Å². The van der Waals surface area contributed by atoms with Crippen molar-refractivity contribution in [1.82, 2.24) is 5.16 Å². The number of aromatic carboxylic acids is 1. The zero-order valence-corrected chi connectivity index (χ0v) is 11.0. The van der Waals surface area contributed by atoms with Gasteiger partial charge in [-0.2, -0.15) is 0 Å². The molecule has 0 unspecified atom stereocenters. The van der Waals surface area contributed by atoms with E-state index in [2.05, 4.69) is 9.68 Å². The lowest BCUT2D eigenvalue weighted by Crippen LogP contribution is -2.05. The number of hydrogen-bond donors (Lipinski definition) is 1. The van der Waals surface area contributed by atoms with Crippen LogP contribution in [0.1, 0.15) is 16.2 Å². The largest absolute Gasteiger partial charge is 0.476 e. The van der Waals surface area contributed by atoms with Crippen LogP contribution < -0.4 is 0 Å². The SMILES string of the molecule is O=C(O)c1cc(CS(=O)(=O)c2ccccc2Cl)on1. The average molecular weight is 302 g/mol. The molecule has 2 aromatic rings. The molecule has 1 N–H and O–H groups in total. The average Bonchev–Trinajstić information content (AvgIpc) is 2.77. The number of benzene rings is 1.